The number of aromatic nitrogens is 2. The van der Waals surface area contributed by atoms with Crippen LogP contribution in [-0.4, -0.2) is 9.55 Å². The fraction of sp³-hybridized carbons (Fsp3) is 0.100. The molecule has 2 aromatic rings. The molecule has 0 unspecified atom stereocenters. The fourth-order valence-electron chi connectivity index (χ4n) is 1.22. The molecule has 0 aliphatic carbocycles. The van der Waals surface area contributed by atoms with Crippen LogP contribution in [0.25, 0.3) is 5.69 Å². The summed E-state index contributed by atoms with van der Waals surface area (Å²) in [5.74, 6) is 0. The number of halogens is 2. The first-order valence-corrected chi connectivity index (χ1v) is 4.17. The van der Waals surface area contributed by atoms with Crippen LogP contribution < -0.4 is 5.73 Å². The van der Waals surface area contributed by atoms with Crippen molar-refractivity contribution in [1.29, 1.82) is 0 Å². The van der Waals surface area contributed by atoms with Crippen LogP contribution in [-0.2, 0) is 6.54 Å². The Bertz CT molecular complexity index is 370. The lowest BCUT2D eigenvalue weighted by Gasteiger charge is -2.02. The average molecular weight is 246 g/mol. The highest BCUT2D eigenvalue weighted by molar-refractivity contribution is 5.85. The van der Waals surface area contributed by atoms with E-state index in [0.717, 1.165) is 11.3 Å². The average Bonchev–Trinajstić information content (AvgIpc) is 2.71. The Hall–Kier alpha value is -1.03. The number of hydrogen-bond acceptors (Lipinski definition) is 2. The third-order valence-corrected chi connectivity index (χ3v) is 1.97. The van der Waals surface area contributed by atoms with Crippen LogP contribution in [0.5, 0.6) is 0 Å². The molecule has 0 bridgehead atoms. The molecular weight excluding hydrogens is 233 g/mol. The molecule has 82 valence electrons. The van der Waals surface area contributed by atoms with Gasteiger partial charge in [-0.3, -0.25) is 0 Å². The Balaban J connectivity index is 0.000000980. The SMILES string of the molecule is Cl.Cl.NCc1ccc(-n2ccnc2)cc1. The van der Waals surface area contributed by atoms with Crippen LogP contribution in [0.1, 0.15) is 5.56 Å². The molecule has 0 fully saturated rings. The van der Waals surface area contributed by atoms with Gasteiger partial charge < -0.3 is 10.3 Å². The Morgan fingerprint density at radius 1 is 1.13 bits per heavy atom. The van der Waals surface area contributed by atoms with Crippen LogP contribution >= 0.6 is 24.8 Å². The summed E-state index contributed by atoms with van der Waals surface area (Å²) in [5, 5.41) is 0. The predicted molar refractivity (Wildman–Crippen MR) is 66.0 cm³/mol. The van der Waals surface area contributed by atoms with E-state index in [9.17, 15) is 0 Å². The normalized spacial score (nSPS) is 8.87. The molecule has 3 nitrogen and oxygen atoms in total. The van der Waals surface area contributed by atoms with E-state index in [1.807, 2.05) is 35.0 Å². The second kappa shape index (κ2) is 6.45. The first-order chi connectivity index (χ1) is 6.40. The molecular formula is C10H13Cl2N3. The van der Waals surface area contributed by atoms with Gasteiger partial charge in [-0.1, -0.05) is 12.1 Å². The van der Waals surface area contributed by atoms with Crippen LogP contribution in [0.4, 0.5) is 0 Å². The summed E-state index contributed by atoms with van der Waals surface area (Å²) in [6.07, 6.45) is 5.45. The van der Waals surface area contributed by atoms with Crippen molar-refractivity contribution in [2.45, 2.75) is 6.54 Å². The molecule has 0 aliphatic heterocycles. The van der Waals surface area contributed by atoms with Gasteiger partial charge in [0.05, 0.1) is 6.33 Å². The van der Waals surface area contributed by atoms with Crippen LogP contribution in [0.15, 0.2) is 43.0 Å². The van der Waals surface area contributed by atoms with Crippen molar-refractivity contribution < 1.29 is 0 Å². The second-order valence-electron chi connectivity index (χ2n) is 2.84. The summed E-state index contributed by atoms with van der Waals surface area (Å²) in [6, 6.07) is 8.11. The highest BCUT2D eigenvalue weighted by Gasteiger charge is 1.94. The molecule has 1 heterocycles. The summed E-state index contributed by atoms with van der Waals surface area (Å²) in [5.41, 5.74) is 7.75. The van der Waals surface area contributed by atoms with E-state index in [1.54, 1.807) is 12.5 Å². The Morgan fingerprint density at radius 3 is 2.27 bits per heavy atom. The van der Waals surface area contributed by atoms with Gasteiger partial charge in [0, 0.05) is 24.6 Å². The van der Waals surface area contributed by atoms with E-state index >= 15 is 0 Å². The van der Waals surface area contributed by atoms with E-state index in [2.05, 4.69) is 4.98 Å². The smallest absolute Gasteiger partial charge is 0.0991 e. The van der Waals surface area contributed by atoms with Gasteiger partial charge in [0.1, 0.15) is 0 Å². The first kappa shape index (κ1) is 14.0. The van der Waals surface area contributed by atoms with Gasteiger partial charge in [-0.25, -0.2) is 4.98 Å². The monoisotopic (exact) mass is 245 g/mol. The molecule has 0 aliphatic rings. The maximum absolute atomic E-state index is 5.50. The van der Waals surface area contributed by atoms with E-state index in [0.29, 0.717) is 6.54 Å². The second-order valence-corrected chi connectivity index (χ2v) is 2.84. The Kier molecular flexibility index (Phi) is 6.01. The lowest BCUT2D eigenvalue weighted by atomic mass is 10.2. The van der Waals surface area contributed by atoms with Gasteiger partial charge in [-0.2, -0.15) is 0 Å². The standard InChI is InChI=1S/C10H11N3.2ClH/c11-7-9-1-3-10(4-2-9)13-6-5-12-8-13;;/h1-6,8H,7,11H2;2*1H. The van der Waals surface area contributed by atoms with E-state index in [4.69, 9.17) is 5.73 Å². The summed E-state index contributed by atoms with van der Waals surface area (Å²) in [7, 11) is 0. The summed E-state index contributed by atoms with van der Waals surface area (Å²) < 4.78 is 1.96. The van der Waals surface area contributed by atoms with Gasteiger partial charge >= 0.3 is 0 Å². The topological polar surface area (TPSA) is 43.8 Å². The maximum atomic E-state index is 5.50. The van der Waals surface area contributed by atoms with Crippen molar-refractivity contribution in [3.05, 3.63) is 48.5 Å². The summed E-state index contributed by atoms with van der Waals surface area (Å²) in [6.45, 7) is 0.588. The number of rotatable bonds is 2. The lowest BCUT2D eigenvalue weighted by molar-refractivity contribution is 1.03. The zero-order valence-corrected chi connectivity index (χ0v) is 9.67. The first-order valence-electron chi connectivity index (χ1n) is 4.17. The minimum absolute atomic E-state index is 0. The number of benzene rings is 1. The largest absolute Gasteiger partial charge is 0.326 e. The Morgan fingerprint density at radius 2 is 1.80 bits per heavy atom. The van der Waals surface area contributed by atoms with Crippen molar-refractivity contribution in [3.63, 3.8) is 0 Å². The predicted octanol–water partition coefficient (Wildman–Crippen LogP) is 2.17. The van der Waals surface area contributed by atoms with Crippen molar-refractivity contribution in [2.24, 2.45) is 5.73 Å². The number of hydrogen-bond donors (Lipinski definition) is 1. The molecule has 0 saturated heterocycles. The maximum Gasteiger partial charge on any atom is 0.0991 e. The molecule has 5 heteroatoms. The molecule has 1 aromatic carbocycles. The van der Waals surface area contributed by atoms with E-state index in [-0.39, 0.29) is 24.8 Å². The highest BCUT2D eigenvalue weighted by Crippen LogP contribution is 2.08. The number of nitrogens with zero attached hydrogens (tertiary/aromatic N) is 2. The van der Waals surface area contributed by atoms with Crippen LogP contribution in [0.3, 0.4) is 0 Å². The number of imidazole rings is 1. The van der Waals surface area contributed by atoms with Crippen LogP contribution in [0, 0.1) is 0 Å². The third kappa shape index (κ3) is 3.23. The van der Waals surface area contributed by atoms with Crippen molar-refractivity contribution in [2.75, 3.05) is 0 Å². The van der Waals surface area contributed by atoms with E-state index in [1.165, 1.54) is 0 Å². The van der Waals surface area contributed by atoms with Crippen LogP contribution in [0.2, 0.25) is 0 Å². The molecule has 1 aromatic heterocycles. The lowest BCUT2D eigenvalue weighted by Crippen LogP contribution is -1.96. The van der Waals surface area contributed by atoms with Crippen molar-refractivity contribution in [3.8, 4) is 5.69 Å². The summed E-state index contributed by atoms with van der Waals surface area (Å²) in [4.78, 5) is 3.98. The van der Waals surface area contributed by atoms with Gasteiger partial charge in [0.25, 0.3) is 0 Å². The molecule has 2 N–H and O–H groups in total. The minimum Gasteiger partial charge on any atom is -0.326 e. The molecule has 15 heavy (non-hydrogen) atoms. The Labute approximate surface area is 101 Å². The molecule has 2 rings (SSSR count). The fourth-order valence-corrected chi connectivity index (χ4v) is 1.22. The molecule has 0 spiro atoms. The molecule has 0 amide bonds. The quantitative estimate of drug-likeness (QED) is 0.882. The van der Waals surface area contributed by atoms with Gasteiger partial charge in [-0.15, -0.1) is 24.8 Å². The third-order valence-electron chi connectivity index (χ3n) is 1.97. The van der Waals surface area contributed by atoms with Gasteiger partial charge in [0.2, 0.25) is 0 Å². The zero-order chi connectivity index (χ0) is 9.10. The highest BCUT2D eigenvalue weighted by atomic mass is 35.5. The van der Waals surface area contributed by atoms with E-state index < -0.39 is 0 Å². The zero-order valence-electron chi connectivity index (χ0n) is 8.04. The summed E-state index contributed by atoms with van der Waals surface area (Å²) >= 11 is 0. The van der Waals surface area contributed by atoms with Crippen molar-refractivity contribution >= 4 is 24.8 Å². The number of nitrogens with two attached hydrogens (primary N) is 1. The minimum atomic E-state index is 0. The van der Waals surface area contributed by atoms with Crippen molar-refractivity contribution in [1.82, 2.24) is 9.55 Å². The van der Waals surface area contributed by atoms with Gasteiger partial charge in [-0.05, 0) is 17.7 Å². The molecule has 0 radical (unpaired) electrons. The van der Waals surface area contributed by atoms with Gasteiger partial charge in [0.15, 0.2) is 0 Å². The molecule has 0 saturated carbocycles. The molecule has 0 atom stereocenters.